The fourth-order valence-electron chi connectivity index (χ4n) is 2.45. The average molecular weight is 349 g/mol. The molecule has 2 N–H and O–H groups in total. The maximum atomic E-state index is 14.5. The number of carboxylic acids is 1. The molecular formula is C16H16FN3O5. The number of benzene rings is 1. The number of carbonyl (C=O) groups excluding carboxylic acids is 2. The van der Waals surface area contributed by atoms with E-state index in [0.29, 0.717) is 6.54 Å². The molecule has 0 radical (unpaired) electrons. The Morgan fingerprint density at radius 3 is 2.40 bits per heavy atom. The van der Waals surface area contributed by atoms with E-state index in [9.17, 15) is 23.6 Å². The molecule has 1 aromatic heterocycles. The summed E-state index contributed by atoms with van der Waals surface area (Å²) >= 11 is 0. The third kappa shape index (κ3) is 3.35. The van der Waals surface area contributed by atoms with Crippen molar-refractivity contribution in [3.05, 3.63) is 39.9 Å². The van der Waals surface area contributed by atoms with Crippen LogP contribution in [-0.2, 0) is 16.1 Å². The lowest BCUT2D eigenvalue weighted by molar-refractivity contribution is -0.124. The number of nitrogens with one attached hydrogen (secondary N) is 1. The highest BCUT2D eigenvalue weighted by atomic mass is 19.1. The summed E-state index contributed by atoms with van der Waals surface area (Å²) in [5.74, 6) is -3.58. The van der Waals surface area contributed by atoms with Crippen LogP contribution in [0.3, 0.4) is 0 Å². The number of nitrogens with zero attached hydrogens (tertiary/aromatic N) is 2. The van der Waals surface area contributed by atoms with Gasteiger partial charge in [-0.25, -0.2) is 14.2 Å². The van der Waals surface area contributed by atoms with Gasteiger partial charge in [0, 0.05) is 32.0 Å². The van der Waals surface area contributed by atoms with Crippen molar-refractivity contribution < 1.29 is 23.9 Å². The van der Waals surface area contributed by atoms with E-state index in [4.69, 9.17) is 5.11 Å². The number of anilines is 1. The number of amides is 2. The highest BCUT2D eigenvalue weighted by molar-refractivity contribution is 5.98. The van der Waals surface area contributed by atoms with Crippen molar-refractivity contribution in [1.82, 2.24) is 9.99 Å². The second-order valence-electron chi connectivity index (χ2n) is 5.31. The zero-order valence-corrected chi connectivity index (χ0v) is 13.8. The van der Waals surface area contributed by atoms with Crippen molar-refractivity contribution in [3.8, 4) is 0 Å². The van der Waals surface area contributed by atoms with Crippen LogP contribution in [0.5, 0.6) is 0 Å². The largest absolute Gasteiger partial charge is 0.477 e. The molecule has 0 aliphatic rings. The number of hydrogen-bond acceptors (Lipinski definition) is 4. The number of carbonyl (C=O) groups is 3. The van der Waals surface area contributed by atoms with E-state index in [1.807, 2.05) is 0 Å². The molecule has 0 saturated heterocycles. The smallest absolute Gasteiger partial charge is 0.341 e. The first kappa shape index (κ1) is 18.1. The van der Waals surface area contributed by atoms with E-state index in [2.05, 4.69) is 5.43 Å². The van der Waals surface area contributed by atoms with Gasteiger partial charge in [0.2, 0.25) is 17.2 Å². The molecule has 8 nitrogen and oxygen atoms in total. The third-order valence-corrected chi connectivity index (χ3v) is 3.54. The summed E-state index contributed by atoms with van der Waals surface area (Å²) in [5.41, 5.74) is 0.890. The van der Waals surface area contributed by atoms with Crippen molar-refractivity contribution in [1.29, 1.82) is 0 Å². The van der Waals surface area contributed by atoms with Gasteiger partial charge in [0.15, 0.2) is 0 Å². The van der Waals surface area contributed by atoms with Crippen molar-refractivity contribution in [2.24, 2.45) is 0 Å². The van der Waals surface area contributed by atoms with Gasteiger partial charge in [-0.2, -0.15) is 0 Å². The topological polar surface area (TPSA) is 109 Å². The number of halogens is 1. The van der Waals surface area contributed by atoms with Crippen LogP contribution in [0.2, 0.25) is 0 Å². The number of hydrogen-bond donors (Lipinski definition) is 2. The zero-order chi connectivity index (χ0) is 18.9. The Hall–Kier alpha value is -3.23. The summed E-state index contributed by atoms with van der Waals surface area (Å²) in [6.45, 7) is 4.33. The molecule has 0 aliphatic carbocycles. The van der Waals surface area contributed by atoms with Crippen LogP contribution in [0, 0.1) is 5.82 Å². The number of pyridine rings is 1. The van der Waals surface area contributed by atoms with Crippen LogP contribution in [0.15, 0.2) is 23.1 Å². The predicted octanol–water partition coefficient (Wildman–Crippen LogP) is 1.26. The van der Waals surface area contributed by atoms with Gasteiger partial charge in [-0.05, 0) is 19.1 Å². The first-order chi connectivity index (χ1) is 11.7. The van der Waals surface area contributed by atoms with E-state index >= 15 is 0 Å². The number of hydrazine groups is 1. The number of aromatic carboxylic acids is 1. The second-order valence-corrected chi connectivity index (χ2v) is 5.31. The number of aromatic nitrogens is 1. The van der Waals surface area contributed by atoms with Gasteiger partial charge in [-0.15, -0.1) is 0 Å². The Morgan fingerprint density at radius 1 is 1.28 bits per heavy atom. The van der Waals surface area contributed by atoms with Gasteiger partial charge in [-0.3, -0.25) is 19.8 Å². The van der Waals surface area contributed by atoms with Crippen LogP contribution in [-0.4, -0.2) is 27.5 Å². The molecule has 2 aromatic rings. The molecule has 0 aliphatic heterocycles. The van der Waals surface area contributed by atoms with E-state index in [0.717, 1.165) is 31.1 Å². The maximum absolute atomic E-state index is 14.5. The van der Waals surface area contributed by atoms with Crippen LogP contribution >= 0.6 is 0 Å². The molecule has 2 amide bonds. The van der Waals surface area contributed by atoms with E-state index in [1.54, 1.807) is 6.92 Å². The molecule has 9 heteroatoms. The van der Waals surface area contributed by atoms with E-state index in [-0.39, 0.29) is 16.6 Å². The highest BCUT2D eigenvalue weighted by Gasteiger charge is 2.21. The molecule has 0 bridgehead atoms. The molecule has 2 rings (SSSR count). The fraction of sp³-hybridized carbons (Fsp3) is 0.250. The average Bonchev–Trinajstić information content (AvgIpc) is 2.52. The summed E-state index contributed by atoms with van der Waals surface area (Å²) < 4.78 is 15.9. The maximum Gasteiger partial charge on any atom is 0.341 e. The van der Waals surface area contributed by atoms with Gasteiger partial charge in [0.25, 0.3) is 0 Å². The highest BCUT2D eigenvalue weighted by Crippen LogP contribution is 2.24. The fourth-order valence-corrected chi connectivity index (χ4v) is 2.45. The van der Waals surface area contributed by atoms with Crippen molar-refractivity contribution in [3.63, 3.8) is 0 Å². The van der Waals surface area contributed by atoms with Crippen molar-refractivity contribution >= 4 is 34.4 Å². The van der Waals surface area contributed by atoms with Crippen LogP contribution < -0.4 is 15.9 Å². The molecule has 132 valence electrons. The van der Waals surface area contributed by atoms with Crippen molar-refractivity contribution in [2.75, 3.05) is 5.01 Å². The molecule has 0 spiro atoms. The van der Waals surface area contributed by atoms with E-state index in [1.165, 1.54) is 10.6 Å². The first-order valence-corrected chi connectivity index (χ1v) is 7.35. The van der Waals surface area contributed by atoms with Gasteiger partial charge in [-0.1, -0.05) is 0 Å². The first-order valence-electron chi connectivity index (χ1n) is 7.35. The van der Waals surface area contributed by atoms with Crippen LogP contribution in [0.25, 0.3) is 10.9 Å². The predicted molar refractivity (Wildman–Crippen MR) is 87.8 cm³/mol. The molecule has 0 atom stereocenters. The van der Waals surface area contributed by atoms with E-state index < -0.39 is 34.6 Å². The second kappa shape index (κ2) is 6.71. The van der Waals surface area contributed by atoms with Crippen molar-refractivity contribution in [2.45, 2.75) is 27.3 Å². The summed E-state index contributed by atoms with van der Waals surface area (Å²) in [6, 6.07) is 2.09. The lowest BCUT2D eigenvalue weighted by Crippen LogP contribution is -2.45. The summed E-state index contributed by atoms with van der Waals surface area (Å²) in [5, 5.41) is 9.72. The number of fused-ring (bicyclic) bond motifs is 1. The zero-order valence-electron chi connectivity index (χ0n) is 13.8. The Labute approximate surface area is 141 Å². The Kier molecular flexibility index (Phi) is 4.87. The lowest BCUT2D eigenvalue weighted by Gasteiger charge is -2.22. The molecule has 0 fully saturated rings. The standard InChI is InChI=1S/C16H16FN3O5/c1-4-19-7-11(16(24)25)15(23)10-5-12(17)14(6-13(10)19)20(9(3)22)18-8(2)21/h5-7H,4H2,1-3H3,(H,18,21)(H,24,25). The third-order valence-electron chi connectivity index (χ3n) is 3.54. The Bertz CT molecular complexity index is 951. The van der Waals surface area contributed by atoms with Gasteiger partial charge >= 0.3 is 5.97 Å². The van der Waals surface area contributed by atoms with Crippen LogP contribution in [0.1, 0.15) is 31.1 Å². The van der Waals surface area contributed by atoms with Gasteiger partial charge in [0.1, 0.15) is 17.1 Å². The minimum Gasteiger partial charge on any atom is -0.477 e. The Balaban J connectivity index is 2.83. The monoisotopic (exact) mass is 349 g/mol. The SMILES string of the molecule is CCn1cc(C(=O)O)c(=O)c2cc(F)c(N(NC(C)=O)C(C)=O)cc21. The number of rotatable bonds is 3. The van der Waals surface area contributed by atoms with Crippen LogP contribution in [0.4, 0.5) is 10.1 Å². The van der Waals surface area contributed by atoms with Gasteiger partial charge in [0.05, 0.1) is 5.52 Å². The molecule has 1 aromatic carbocycles. The summed E-state index contributed by atoms with van der Waals surface area (Å²) in [7, 11) is 0. The van der Waals surface area contributed by atoms with Gasteiger partial charge < -0.3 is 9.67 Å². The lowest BCUT2D eigenvalue weighted by atomic mass is 10.1. The molecule has 25 heavy (non-hydrogen) atoms. The molecule has 0 unspecified atom stereocenters. The minimum absolute atomic E-state index is 0.130. The molecular weight excluding hydrogens is 333 g/mol. The Morgan fingerprint density at radius 2 is 1.92 bits per heavy atom. The number of aryl methyl sites for hydroxylation is 1. The quantitative estimate of drug-likeness (QED) is 0.811. The number of carboxylic acid groups (broad SMARTS) is 1. The molecule has 0 saturated carbocycles. The summed E-state index contributed by atoms with van der Waals surface area (Å²) in [6.07, 6.45) is 1.16. The minimum atomic E-state index is -1.41. The summed E-state index contributed by atoms with van der Waals surface area (Å²) in [4.78, 5) is 46.5. The molecule has 1 heterocycles. The normalized spacial score (nSPS) is 10.6.